The van der Waals surface area contributed by atoms with E-state index in [4.69, 9.17) is 9.15 Å². The lowest BCUT2D eigenvalue weighted by molar-refractivity contribution is -0.150. The average molecular weight is 459 g/mol. The summed E-state index contributed by atoms with van der Waals surface area (Å²) in [4.78, 5) is 42.6. The maximum absolute atomic E-state index is 13.3. The topological polar surface area (TPSA) is 131 Å². The number of nitrogens with zero attached hydrogens (tertiary/aromatic N) is 2. The number of likely N-dealkylation sites (tertiary alicyclic amines) is 1. The number of rotatable bonds is 7. The molecule has 2 aromatic heterocycles. The number of hydrogen-bond acceptors (Lipinski definition) is 7. The highest BCUT2D eigenvalue weighted by molar-refractivity contribution is 5.90. The van der Waals surface area contributed by atoms with E-state index in [2.05, 4.69) is 15.0 Å². The number of aliphatic carboxylic acids is 1. The third-order valence-electron chi connectivity index (χ3n) is 5.55. The van der Waals surface area contributed by atoms with Crippen LogP contribution in [0.25, 0.3) is 11.3 Å². The fraction of sp³-hybridized carbons (Fsp3) is 0.478. The lowest BCUT2D eigenvalue weighted by Crippen LogP contribution is -2.56. The summed E-state index contributed by atoms with van der Waals surface area (Å²) in [5.74, 6) is -1.17. The van der Waals surface area contributed by atoms with Crippen molar-refractivity contribution in [2.75, 3.05) is 20.3 Å². The zero-order valence-corrected chi connectivity index (χ0v) is 19.1. The quantitative estimate of drug-likeness (QED) is 0.646. The van der Waals surface area contributed by atoms with Crippen LogP contribution in [-0.2, 0) is 14.3 Å². The van der Waals surface area contributed by atoms with Gasteiger partial charge in [-0.2, -0.15) is 0 Å². The van der Waals surface area contributed by atoms with Gasteiger partial charge in [0.25, 0.3) is 0 Å². The lowest BCUT2D eigenvalue weighted by Gasteiger charge is -2.34. The van der Waals surface area contributed by atoms with Crippen molar-refractivity contribution in [3.05, 3.63) is 36.9 Å². The van der Waals surface area contributed by atoms with E-state index in [-0.39, 0.29) is 25.5 Å². The standard InChI is InChI=1S/C23H29N3O7/c1-23(2,3)19(25-22(30)31-4)20(27)26-11-14(9-18(26)21(28)29)12-33-16-5-7-24-17(10-16)15-6-8-32-13-15/h5-8,10,13-14,18-19H,9,11-12H2,1-4H3,(H,25,30)(H,28,29)/t14?,18-,19+/m0/s1. The molecule has 0 saturated carbocycles. The molecule has 1 aliphatic heterocycles. The molecule has 178 valence electrons. The number of carbonyl (C=O) groups excluding carboxylic acids is 2. The number of aromatic nitrogens is 1. The van der Waals surface area contributed by atoms with Crippen molar-refractivity contribution >= 4 is 18.0 Å². The number of carboxylic acids is 1. The number of pyridine rings is 1. The van der Waals surface area contributed by atoms with Crippen molar-refractivity contribution in [3.63, 3.8) is 0 Å². The highest BCUT2D eigenvalue weighted by atomic mass is 16.5. The first kappa shape index (κ1) is 24.1. The van der Waals surface area contributed by atoms with Gasteiger partial charge < -0.3 is 29.2 Å². The van der Waals surface area contributed by atoms with Crippen LogP contribution < -0.4 is 10.1 Å². The van der Waals surface area contributed by atoms with Crippen LogP contribution in [0, 0.1) is 11.3 Å². The Kier molecular flexibility index (Phi) is 7.25. The van der Waals surface area contributed by atoms with Gasteiger partial charge in [-0.1, -0.05) is 20.8 Å². The number of alkyl carbamates (subject to hydrolysis) is 1. The highest BCUT2D eigenvalue weighted by Gasteiger charge is 2.45. The monoisotopic (exact) mass is 459 g/mol. The van der Waals surface area contributed by atoms with Crippen molar-refractivity contribution in [2.24, 2.45) is 11.3 Å². The Hall–Kier alpha value is -3.56. The van der Waals surface area contributed by atoms with Crippen LogP contribution in [0.1, 0.15) is 27.2 Å². The van der Waals surface area contributed by atoms with Gasteiger partial charge >= 0.3 is 12.1 Å². The maximum Gasteiger partial charge on any atom is 0.407 e. The molecular weight excluding hydrogens is 430 g/mol. The number of carboxylic acid groups (broad SMARTS) is 1. The summed E-state index contributed by atoms with van der Waals surface area (Å²) in [6, 6.07) is 3.33. The summed E-state index contributed by atoms with van der Waals surface area (Å²) < 4.78 is 15.6. The van der Waals surface area contributed by atoms with Crippen LogP contribution >= 0.6 is 0 Å². The molecular formula is C23H29N3O7. The minimum absolute atomic E-state index is 0.195. The molecule has 2 aromatic rings. The molecule has 0 aliphatic carbocycles. The molecule has 2 amide bonds. The molecule has 2 N–H and O–H groups in total. The van der Waals surface area contributed by atoms with E-state index in [1.165, 1.54) is 12.0 Å². The Morgan fingerprint density at radius 2 is 2.09 bits per heavy atom. The van der Waals surface area contributed by atoms with Crippen LogP contribution in [0.5, 0.6) is 5.75 Å². The molecule has 33 heavy (non-hydrogen) atoms. The summed E-state index contributed by atoms with van der Waals surface area (Å²) in [7, 11) is 1.21. The normalized spacial score (nSPS) is 19.1. The summed E-state index contributed by atoms with van der Waals surface area (Å²) in [5, 5.41) is 12.3. The van der Waals surface area contributed by atoms with E-state index in [9.17, 15) is 19.5 Å². The van der Waals surface area contributed by atoms with E-state index in [0.717, 1.165) is 5.56 Å². The molecule has 10 nitrogen and oxygen atoms in total. The van der Waals surface area contributed by atoms with Gasteiger partial charge in [0.2, 0.25) is 5.91 Å². The van der Waals surface area contributed by atoms with Crippen LogP contribution in [0.4, 0.5) is 4.79 Å². The number of hydrogen-bond donors (Lipinski definition) is 2. The van der Waals surface area contributed by atoms with Crippen molar-refractivity contribution in [1.82, 2.24) is 15.2 Å². The third-order valence-corrected chi connectivity index (χ3v) is 5.55. The minimum Gasteiger partial charge on any atom is -0.493 e. The number of amides is 2. The summed E-state index contributed by atoms with van der Waals surface area (Å²) in [6.45, 7) is 5.80. The second-order valence-electron chi connectivity index (χ2n) is 9.08. The zero-order chi connectivity index (χ0) is 24.2. The van der Waals surface area contributed by atoms with Crippen molar-refractivity contribution < 1.29 is 33.4 Å². The Bertz CT molecular complexity index is 984. The Morgan fingerprint density at radius 1 is 1.33 bits per heavy atom. The van der Waals surface area contributed by atoms with E-state index in [1.54, 1.807) is 57.7 Å². The lowest BCUT2D eigenvalue weighted by atomic mass is 9.85. The molecule has 10 heteroatoms. The number of ether oxygens (including phenoxy) is 2. The SMILES string of the molecule is COC(=O)N[C@H](C(=O)N1CC(COc2ccnc(-c3ccoc3)c2)C[C@H]1C(=O)O)C(C)(C)C. The maximum atomic E-state index is 13.3. The highest BCUT2D eigenvalue weighted by Crippen LogP contribution is 2.30. The van der Waals surface area contributed by atoms with Crippen molar-refractivity contribution in [2.45, 2.75) is 39.3 Å². The van der Waals surface area contributed by atoms with E-state index < -0.39 is 35.5 Å². The molecule has 0 spiro atoms. The Balaban J connectivity index is 1.70. The van der Waals surface area contributed by atoms with Gasteiger partial charge in [0.1, 0.15) is 17.8 Å². The molecule has 3 heterocycles. The average Bonchev–Trinajstić information content (AvgIpc) is 3.45. The first-order valence-electron chi connectivity index (χ1n) is 10.6. The molecule has 0 aromatic carbocycles. The molecule has 3 rings (SSSR count). The van der Waals surface area contributed by atoms with Gasteiger partial charge in [-0.15, -0.1) is 0 Å². The van der Waals surface area contributed by atoms with Crippen LogP contribution in [0.2, 0.25) is 0 Å². The largest absolute Gasteiger partial charge is 0.493 e. The van der Waals surface area contributed by atoms with Crippen LogP contribution in [-0.4, -0.2) is 65.3 Å². The molecule has 0 radical (unpaired) electrons. The fourth-order valence-corrected chi connectivity index (χ4v) is 3.80. The van der Waals surface area contributed by atoms with Crippen LogP contribution in [0.15, 0.2) is 41.3 Å². The van der Waals surface area contributed by atoms with E-state index in [1.807, 2.05) is 0 Å². The Labute approximate surface area is 191 Å². The zero-order valence-electron chi connectivity index (χ0n) is 19.1. The smallest absolute Gasteiger partial charge is 0.407 e. The van der Waals surface area contributed by atoms with Gasteiger partial charge in [0, 0.05) is 30.3 Å². The molecule has 0 bridgehead atoms. The molecule has 1 unspecified atom stereocenters. The first-order chi connectivity index (χ1) is 15.6. The van der Waals surface area contributed by atoms with Gasteiger partial charge in [0.15, 0.2) is 0 Å². The number of furan rings is 1. The summed E-state index contributed by atoms with van der Waals surface area (Å²) >= 11 is 0. The second-order valence-corrected chi connectivity index (χ2v) is 9.08. The predicted octanol–water partition coefficient (Wildman–Crippen LogP) is 2.79. The van der Waals surface area contributed by atoms with E-state index in [0.29, 0.717) is 11.4 Å². The van der Waals surface area contributed by atoms with Crippen LogP contribution in [0.3, 0.4) is 0 Å². The van der Waals surface area contributed by atoms with Gasteiger partial charge in [-0.3, -0.25) is 9.78 Å². The predicted molar refractivity (Wildman–Crippen MR) is 117 cm³/mol. The van der Waals surface area contributed by atoms with Gasteiger partial charge in [0.05, 0.1) is 31.9 Å². The Morgan fingerprint density at radius 3 is 2.70 bits per heavy atom. The minimum atomic E-state index is -1.09. The molecule has 1 aliphatic rings. The number of carbonyl (C=O) groups is 3. The number of nitrogens with one attached hydrogen (secondary N) is 1. The number of methoxy groups -OCH3 is 1. The van der Waals surface area contributed by atoms with Gasteiger partial charge in [-0.25, -0.2) is 9.59 Å². The fourth-order valence-electron chi connectivity index (χ4n) is 3.80. The summed E-state index contributed by atoms with van der Waals surface area (Å²) in [5.41, 5.74) is 0.855. The van der Waals surface area contributed by atoms with Crippen molar-refractivity contribution in [3.8, 4) is 17.0 Å². The molecule has 1 saturated heterocycles. The third kappa shape index (κ3) is 5.82. The van der Waals surface area contributed by atoms with Crippen molar-refractivity contribution in [1.29, 1.82) is 0 Å². The summed E-state index contributed by atoms with van der Waals surface area (Å²) in [6.07, 6.45) is 4.25. The van der Waals surface area contributed by atoms with E-state index >= 15 is 0 Å². The second kappa shape index (κ2) is 9.93. The molecule has 3 atom stereocenters. The molecule has 1 fully saturated rings. The first-order valence-corrected chi connectivity index (χ1v) is 10.6. The van der Waals surface area contributed by atoms with Gasteiger partial charge in [-0.05, 0) is 24.0 Å².